The van der Waals surface area contributed by atoms with Gasteiger partial charge in [-0.1, -0.05) is 18.2 Å². The molecule has 0 saturated heterocycles. The number of carbonyl (C=O) groups is 2. The van der Waals surface area contributed by atoms with Gasteiger partial charge >= 0.3 is 0 Å². The number of hydrogen-bond donors (Lipinski definition) is 3. The fourth-order valence-corrected chi connectivity index (χ4v) is 1.71. The Bertz CT molecular complexity index is 664. The van der Waals surface area contributed by atoms with Crippen LogP contribution in [0.25, 0.3) is 0 Å². The summed E-state index contributed by atoms with van der Waals surface area (Å²) in [5.41, 5.74) is 5.22. The van der Waals surface area contributed by atoms with E-state index in [1.807, 2.05) is 25.3 Å². The summed E-state index contributed by atoms with van der Waals surface area (Å²) < 4.78 is 0. The van der Waals surface area contributed by atoms with Gasteiger partial charge < -0.3 is 16.4 Å². The maximum atomic E-state index is 10.4. The molecule has 0 fully saturated rings. The van der Waals surface area contributed by atoms with Gasteiger partial charge in [-0.05, 0) is 24.7 Å². The molecule has 3 aliphatic rings. The van der Waals surface area contributed by atoms with Crippen molar-refractivity contribution in [3.63, 3.8) is 0 Å². The first-order valence-corrected chi connectivity index (χ1v) is 9.30. The summed E-state index contributed by atoms with van der Waals surface area (Å²) in [7, 11) is 0. The van der Waals surface area contributed by atoms with E-state index in [2.05, 4.69) is 56.4 Å². The Kier molecular flexibility index (Phi) is 19.2. The van der Waals surface area contributed by atoms with Crippen LogP contribution >= 0.6 is 11.6 Å². The second-order valence-electron chi connectivity index (χ2n) is 5.20. The highest BCUT2D eigenvalue weighted by molar-refractivity contribution is 6.62. The van der Waals surface area contributed by atoms with E-state index in [1.54, 1.807) is 12.4 Å². The molecule has 4 N–H and O–H groups in total. The third-order valence-electron chi connectivity index (χ3n) is 2.67. The van der Waals surface area contributed by atoms with Crippen molar-refractivity contribution in [2.45, 2.75) is 40.0 Å². The standard InChI is InChI=1S/C6H8N2O.C6H10N2.C4H6N2.C2H3ClO.C2H4/c1-5(9)8-6-3-2-4-7-6;1-2-7-6-4-3-5-8-6;5-4-2-1-3-6-4;1-2(3)4;1-2/h2,4H,3H2,1H3,(H,7,8,9);3,5H,2,4H2,1H3,(H,7,8);1,3H,2H2,(H2,5,6);1H3;1-2H2. The largest absolute Gasteiger partial charge is 0.387 e. The molecule has 0 spiro atoms. The maximum absolute atomic E-state index is 10.4. The molecule has 3 aliphatic heterocycles. The first-order valence-electron chi connectivity index (χ1n) is 8.92. The number of amides is 1. The van der Waals surface area contributed by atoms with Gasteiger partial charge in [-0.15, -0.1) is 13.2 Å². The van der Waals surface area contributed by atoms with Crippen LogP contribution in [0.3, 0.4) is 0 Å². The lowest BCUT2D eigenvalue weighted by molar-refractivity contribution is -0.117. The van der Waals surface area contributed by atoms with Crippen LogP contribution in [0.5, 0.6) is 0 Å². The van der Waals surface area contributed by atoms with E-state index in [0.29, 0.717) is 0 Å². The number of nitrogens with one attached hydrogen (secondary N) is 2. The Morgan fingerprint density at radius 3 is 2.07 bits per heavy atom. The quantitative estimate of drug-likeness (QED) is 0.443. The first-order chi connectivity index (χ1) is 13.8. The van der Waals surface area contributed by atoms with Crippen LogP contribution < -0.4 is 16.4 Å². The van der Waals surface area contributed by atoms with Crippen molar-refractivity contribution in [1.82, 2.24) is 10.6 Å². The second kappa shape index (κ2) is 19.8. The molecule has 0 bridgehead atoms. The van der Waals surface area contributed by atoms with Gasteiger partial charge in [0.05, 0.1) is 0 Å². The molecule has 0 saturated carbocycles. The zero-order chi connectivity index (χ0) is 22.5. The number of halogens is 1. The van der Waals surface area contributed by atoms with Crippen LogP contribution in [0, 0.1) is 0 Å². The summed E-state index contributed by atoms with van der Waals surface area (Å²) in [6.07, 6.45) is 13.8. The van der Waals surface area contributed by atoms with Gasteiger partial charge in [-0.2, -0.15) is 0 Å². The van der Waals surface area contributed by atoms with Gasteiger partial charge in [0, 0.05) is 52.1 Å². The van der Waals surface area contributed by atoms with E-state index < -0.39 is 0 Å². The number of carbonyl (C=O) groups excluding carboxylic acids is 2. The average Bonchev–Trinajstić information content (AvgIpc) is 3.42. The molecule has 0 aromatic carbocycles. The molecule has 0 aliphatic carbocycles. The molecule has 0 aromatic heterocycles. The van der Waals surface area contributed by atoms with Gasteiger partial charge in [0.25, 0.3) is 0 Å². The van der Waals surface area contributed by atoms with E-state index >= 15 is 0 Å². The predicted molar refractivity (Wildman–Crippen MR) is 123 cm³/mol. The zero-order valence-corrected chi connectivity index (χ0v) is 18.1. The lowest BCUT2D eigenvalue weighted by atomic mass is 10.4. The molecule has 29 heavy (non-hydrogen) atoms. The van der Waals surface area contributed by atoms with Crippen molar-refractivity contribution in [3.05, 3.63) is 50.0 Å². The Morgan fingerprint density at radius 2 is 1.76 bits per heavy atom. The first kappa shape index (κ1) is 28.2. The van der Waals surface area contributed by atoms with Gasteiger partial charge in [-0.3, -0.25) is 14.6 Å². The molecule has 0 unspecified atom stereocenters. The molecule has 160 valence electrons. The van der Waals surface area contributed by atoms with Crippen molar-refractivity contribution in [2.75, 3.05) is 6.54 Å². The second-order valence-corrected chi connectivity index (χ2v) is 5.73. The van der Waals surface area contributed by atoms with Crippen molar-refractivity contribution in [3.8, 4) is 0 Å². The summed E-state index contributed by atoms with van der Waals surface area (Å²) in [5.74, 6) is 2.49. The summed E-state index contributed by atoms with van der Waals surface area (Å²) >= 11 is 4.64. The molecule has 9 heteroatoms. The molecule has 3 heterocycles. The molecule has 0 aromatic rings. The molecule has 0 radical (unpaired) electrons. The van der Waals surface area contributed by atoms with Crippen LogP contribution in [0.1, 0.15) is 40.0 Å². The number of amidine groups is 3. The van der Waals surface area contributed by atoms with Crippen molar-refractivity contribution in [2.24, 2.45) is 20.7 Å². The number of nitrogens with two attached hydrogens (primary N) is 1. The van der Waals surface area contributed by atoms with Crippen molar-refractivity contribution in [1.29, 1.82) is 0 Å². The van der Waals surface area contributed by atoms with E-state index in [9.17, 15) is 9.59 Å². The van der Waals surface area contributed by atoms with Gasteiger partial charge in [-0.25, -0.2) is 9.98 Å². The fourth-order valence-electron chi connectivity index (χ4n) is 1.71. The van der Waals surface area contributed by atoms with Crippen LogP contribution in [0.15, 0.2) is 65.0 Å². The Balaban J connectivity index is 0. The van der Waals surface area contributed by atoms with Crippen molar-refractivity contribution < 1.29 is 9.59 Å². The number of nitrogens with zero attached hydrogens (tertiary/aromatic N) is 3. The van der Waals surface area contributed by atoms with Gasteiger partial charge in [0.2, 0.25) is 11.1 Å². The van der Waals surface area contributed by atoms with Crippen molar-refractivity contribution >= 4 is 40.3 Å². The highest BCUT2D eigenvalue weighted by atomic mass is 35.5. The minimum absolute atomic E-state index is 0.0579. The lowest BCUT2D eigenvalue weighted by Gasteiger charge is -1.96. The van der Waals surface area contributed by atoms with Gasteiger partial charge in [0.15, 0.2) is 0 Å². The highest BCUT2D eigenvalue weighted by Gasteiger charge is 2.00. The molecular weight excluding hydrogens is 392 g/mol. The maximum Gasteiger partial charge on any atom is 0.222 e. The lowest BCUT2D eigenvalue weighted by Crippen LogP contribution is -2.26. The summed E-state index contributed by atoms with van der Waals surface area (Å²) in [6, 6.07) is 0. The SMILES string of the molecule is C=C.CC(=O)Cl.CC(=O)NC1=NC=CC1.CCN=C1CC=CN1.NC1=NC=CC1. The number of hydrogen-bond acceptors (Lipinski definition) is 6. The Morgan fingerprint density at radius 1 is 1.17 bits per heavy atom. The third-order valence-corrected chi connectivity index (χ3v) is 2.67. The van der Waals surface area contributed by atoms with Crippen LogP contribution in [-0.2, 0) is 9.59 Å². The Hall–Kier alpha value is -3.00. The highest BCUT2D eigenvalue weighted by Crippen LogP contribution is 1.95. The van der Waals surface area contributed by atoms with Crippen LogP contribution in [0.2, 0.25) is 0 Å². The summed E-state index contributed by atoms with van der Waals surface area (Å²) in [4.78, 5) is 31.4. The molecule has 3 rings (SSSR count). The topological polar surface area (TPSA) is 121 Å². The number of aliphatic imine (C=N–C) groups is 3. The molecule has 1 amide bonds. The van der Waals surface area contributed by atoms with Crippen LogP contribution in [-0.4, -0.2) is 35.2 Å². The van der Waals surface area contributed by atoms with E-state index in [-0.39, 0.29) is 11.1 Å². The normalized spacial score (nSPS) is 15.7. The summed E-state index contributed by atoms with van der Waals surface area (Å²) in [6.45, 7) is 11.7. The molecule has 8 nitrogen and oxygen atoms in total. The zero-order valence-electron chi connectivity index (χ0n) is 17.3. The van der Waals surface area contributed by atoms with E-state index in [1.165, 1.54) is 13.8 Å². The van der Waals surface area contributed by atoms with Gasteiger partial charge in [0.1, 0.15) is 17.5 Å². The fraction of sp³-hybridized carbons (Fsp3) is 0.350. The van der Waals surface area contributed by atoms with E-state index in [0.717, 1.165) is 43.3 Å². The van der Waals surface area contributed by atoms with E-state index in [4.69, 9.17) is 5.73 Å². The summed E-state index contributed by atoms with van der Waals surface area (Å²) in [5, 5.41) is 5.26. The average molecular weight is 423 g/mol. The minimum Gasteiger partial charge on any atom is -0.387 e. The molecular formula is C20H31ClN6O2. The third kappa shape index (κ3) is 21.2. The monoisotopic (exact) mass is 422 g/mol. The predicted octanol–water partition coefficient (Wildman–Crippen LogP) is 3.19. The Labute approximate surface area is 178 Å². The number of rotatable bonds is 1. The van der Waals surface area contributed by atoms with Crippen LogP contribution in [0.4, 0.5) is 0 Å². The molecule has 0 atom stereocenters. The minimum atomic E-state index is -0.361. The smallest absolute Gasteiger partial charge is 0.222 e.